The van der Waals surface area contributed by atoms with Crippen LogP contribution in [-0.2, 0) is 6.54 Å². The quantitative estimate of drug-likeness (QED) is 0.734. The second-order valence-corrected chi connectivity index (χ2v) is 4.26. The number of rotatable bonds is 2. The van der Waals surface area contributed by atoms with Crippen LogP contribution < -0.4 is 5.43 Å². The monoisotopic (exact) mass is 212 g/mol. The van der Waals surface area contributed by atoms with Crippen LogP contribution >= 0.6 is 0 Å². The van der Waals surface area contributed by atoms with Crippen molar-refractivity contribution in [1.29, 1.82) is 0 Å². The predicted molar refractivity (Wildman–Crippen MR) is 64.0 cm³/mol. The number of hydrogen-bond acceptors (Lipinski definition) is 2. The van der Waals surface area contributed by atoms with Crippen LogP contribution in [0.1, 0.15) is 12.0 Å². The Morgan fingerprint density at radius 1 is 1.19 bits per heavy atom. The van der Waals surface area contributed by atoms with Crippen molar-refractivity contribution in [2.75, 3.05) is 13.1 Å². The summed E-state index contributed by atoms with van der Waals surface area (Å²) in [7, 11) is 0. The van der Waals surface area contributed by atoms with Crippen molar-refractivity contribution in [2.45, 2.75) is 13.0 Å². The molecule has 3 rings (SSSR count). The van der Waals surface area contributed by atoms with E-state index in [1.807, 2.05) is 6.20 Å². The maximum Gasteiger partial charge on any atom is 0.0704 e. The van der Waals surface area contributed by atoms with Crippen LogP contribution in [0.15, 0.2) is 47.2 Å². The van der Waals surface area contributed by atoms with Gasteiger partial charge in [-0.25, -0.2) is 0 Å². The molecule has 0 amide bonds. The van der Waals surface area contributed by atoms with Crippen LogP contribution in [0, 0.1) is 0 Å². The van der Waals surface area contributed by atoms with Crippen LogP contribution in [0.3, 0.4) is 0 Å². The molecule has 1 radical (unpaired) electrons. The average molecular weight is 212 g/mol. The van der Waals surface area contributed by atoms with Crippen molar-refractivity contribution in [2.24, 2.45) is 5.10 Å². The first-order valence-corrected chi connectivity index (χ1v) is 5.64. The lowest BCUT2D eigenvalue weighted by molar-refractivity contribution is 0.290. The molecule has 2 aliphatic rings. The maximum atomic E-state index is 4.12. The van der Waals surface area contributed by atoms with E-state index in [2.05, 4.69) is 45.8 Å². The summed E-state index contributed by atoms with van der Waals surface area (Å²) in [6.07, 6.45) is 2.93. The Hall–Kier alpha value is -1.61. The van der Waals surface area contributed by atoms with Crippen molar-refractivity contribution >= 4 is 5.71 Å². The lowest BCUT2D eigenvalue weighted by Crippen LogP contribution is -2.34. The Morgan fingerprint density at radius 3 is 2.94 bits per heavy atom. The van der Waals surface area contributed by atoms with Crippen LogP contribution in [-0.4, -0.2) is 23.7 Å². The molecule has 2 heterocycles. The fourth-order valence-electron chi connectivity index (χ4n) is 2.21. The summed E-state index contributed by atoms with van der Waals surface area (Å²) in [6, 6.07) is 10.6. The fourth-order valence-corrected chi connectivity index (χ4v) is 2.21. The molecule has 0 spiro atoms. The van der Waals surface area contributed by atoms with E-state index in [1.165, 1.54) is 16.8 Å². The number of piperidine rings is 1. The Kier molecular flexibility index (Phi) is 2.46. The molecule has 0 N–H and O–H groups in total. The Labute approximate surface area is 95.5 Å². The zero-order chi connectivity index (χ0) is 10.8. The van der Waals surface area contributed by atoms with Gasteiger partial charge in [-0.05, 0) is 5.56 Å². The highest BCUT2D eigenvalue weighted by Crippen LogP contribution is 2.18. The molecule has 1 saturated heterocycles. The van der Waals surface area contributed by atoms with E-state index in [0.717, 1.165) is 26.1 Å². The van der Waals surface area contributed by atoms with Gasteiger partial charge in [0.1, 0.15) is 0 Å². The zero-order valence-electron chi connectivity index (χ0n) is 9.13. The van der Waals surface area contributed by atoms with Gasteiger partial charge in [-0.15, -0.1) is 0 Å². The molecule has 81 valence electrons. The molecule has 1 aromatic carbocycles. The van der Waals surface area contributed by atoms with Gasteiger partial charge in [0.05, 0.1) is 11.9 Å². The zero-order valence-corrected chi connectivity index (χ0v) is 9.13. The summed E-state index contributed by atoms with van der Waals surface area (Å²) in [6.45, 7) is 3.09. The molecule has 3 heteroatoms. The summed E-state index contributed by atoms with van der Waals surface area (Å²) < 4.78 is 0. The van der Waals surface area contributed by atoms with E-state index in [4.69, 9.17) is 0 Å². The molecule has 0 bridgehead atoms. The molecular formula is C13H14N3. The van der Waals surface area contributed by atoms with E-state index in [9.17, 15) is 0 Å². The van der Waals surface area contributed by atoms with Gasteiger partial charge in [-0.2, -0.15) is 10.5 Å². The van der Waals surface area contributed by atoms with Crippen molar-refractivity contribution in [3.8, 4) is 0 Å². The Balaban J connectivity index is 1.67. The van der Waals surface area contributed by atoms with Gasteiger partial charge in [-0.1, -0.05) is 30.3 Å². The minimum absolute atomic E-state index is 0.983. The second kappa shape index (κ2) is 4.10. The van der Waals surface area contributed by atoms with Gasteiger partial charge < -0.3 is 0 Å². The first-order valence-electron chi connectivity index (χ1n) is 5.64. The maximum absolute atomic E-state index is 4.12. The molecular weight excluding hydrogens is 198 g/mol. The normalized spacial score (nSPS) is 19.8. The highest BCUT2D eigenvalue weighted by Gasteiger charge is 2.22. The van der Waals surface area contributed by atoms with Crippen molar-refractivity contribution in [1.82, 2.24) is 10.3 Å². The fraction of sp³-hybridized carbons (Fsp3) is 0.308. The topological polar surface area (TPSA) is 29.7 Å². The van der Waals surface area contributed by atoms with Crippen molar-refractivity contribution < 1.29 is 0 Å². The minimum atomic E-state index is 0.983. The van der Waals surface area contributed by atoms with Gasteiger partial charge >= 0.3 is 0 Å². The van der Waals surface area contributed by atoms with Gasteiger partial charge in [0, 0.05) is 31.6 Å². The summed E-state index contributed by atoms with van der Waals surface area (Å²) in [4.78, 5) is 2.45. The van der Waals surface area contributed by atoms with Crippen LogP contribution in [0.25, 0.3) is 0 Å². The predicted octanol–water partition coefficient (Wildman–Crippen LogP) is 1.75. The third-order valence-electron chi connectivity index (χ3n) is 3.07. The van der Waals surface area contributed by atoms with Crippen molar-refractivity contribution in [3.63, 3.8) is 0 Å². The SMILES string of the molecule is C1=C2CN(Cc3ccccc3)CCC2=N[N]1. The summed E-state index contributed by atoms with van der Waals surface area (Å²) >= 11 is 0. The standard InChI is InChI=1S/C13H14N3/c1-2-4-11(5-3-1)9-16-7-6-13-12(10-16)8-14-15-13/h1-5,8H,6-7,9-10H2. The molecule has 2 aliphatic heterocycles. The lowest BCUT2D eigenvalue weighted by Gasteiger charge is -2.27. The molecule has 0 unspecified atom stereocenters. The van der Waals surface area contributed by atoms with E-state index >= 15 is 0 Å². The smallest absolute Gasteiger partial charge is 0.0704 e. The average Bonchev–Trinajstić information content (AvgIpc) is 2.77. The number of likely N-dealkylation sites (tertiary alicyclic amines) is 1. The van der Waals surface area contributed by atoms with E-state index in [0.29, 0.717) is 0 Å². The largest absolute Gasteiger partial charge is 0.294 e. The molecule has 0 saturated carbocycles. The number of fused-ring (bicyclic) bond motifs is 1. The third-order valence-corrected chi connectivity index (χ3v) is 3.07. The minimum Gasteiger partial charge on any atom is -0.294 e. The Bertz CT molecular complexity index is 434. The van der Waals surface area contributed by atoms with Crippen LogP contribution in [0.2, 0.25) is 0 Å². The molecule has 0 atom stereocenters. The van der Waals surface area contributed by atoms with Gasteiger partial charge in [0.25, 0.3) is 0 Å². The van der Waals surface area contributed by atoms with Gasteiger partial charge in [0.2, 0.25) is 0 Å². The molecule has 1 aromatic rings. The van der Waals surface area contributed by atoms with Gasteiger partial charge in [-0.3, -0.25) is 4.90 Å². The highest BCUT2D eigenvalue weighted by atomic mass is 15.3. The first-order chi connectivity index (χ1) is 7.92. The number of nitrogens with zero attached hydrogens (tertiary/aromatic N) is 3. The number of benzene rings is 1. The second-order valence-electron chi connectivity index (χ2n) is 4.26. The highest BCUT2D eigenvalue weighted by molar-refractivity contribution is 6.02. The summed E-state index contributed by atoms with van der Waals surface area (Å²) in [5, 5.41) is 4.12. The van der Waals surface area contributed by atoms with E-state index in [-0.39, 0.29) is 0 Å². The molecule has 0 aromatic heterocycles. The molecule has 3 nitrogen and oxygen atoms in total. The third kappa shape index (κ3) is 1.86. The van der Waals surface area contributed by atoms with Crippen LogP contribution in [0.5, 0.6) is 0 Å². The molecule has 16 heavy (non-hydrogen) atoms. The first kappa shape index (κ1) is 9.60. The van der Waals surface area contributed by atoms with Gasteiger partial charge in [0.15, 0.2) is 0 Å². The van der Waals surface area contributed by atoms with Crippen molar-refractivity contribution in [3.05, 3.63) is 47.7 Å². The lowest BCUT2D eigenvalue weighted by atomic mass is 10.0. The van der Waals surface area contributed by atoms with E-state index < -0.39 is 0 Å². The van der Waals surface area contributed by atoms with E-state index in [1.54, 1.807) is 0 Å². The Morgan fingerprint density at radius 2 is 2.06 bits per heavy atom. The molecule has 1 fully saturated rings. The molecule has 0 aliphatic carbocycles. The summed E-state index contributed by atoms with van der Waals surface area (Å²) in [5.74, 6) is 0. The summed E-state index contributed by atoms with van der Waals surface area (Å²) in [5.41, 5.74) is 7.82. The van der Waals surface area contributed by atoms with Crippen LogP contribution in [0.4, 0.5) is 0 Å². The number of hydrogen-bond donors (Lipinski definition) is 0.